The number of benzene rings is 1. The van der Waals surface area contributed by atoms with Crippen molar-refractivity contribution >= 4 is 0 Å². The second kappa shape index (κ2) is 7.76. The van der Waals surface area contributed by atoms with E-state index in [0.29, 0.717) is 0 Å². The van der Waals surface area contributed by atoms with Gasteiger partial charge in [-0.25, -0.2) is 15.0 Å². The highest BCUT2D eigenvalue weighted by molar-refractivity contribution is 5.76. The minimum Gasteiger partial charge on any atom is -0.324 e. The van der Waals surface area contributed by atoms with Gasteiger partial charge in [0.1, 0.15) is 5.82 Å². The van der Waals surface area contributed by atoms with E-state index in [4.69, 9.17) is 9.97 Å². The summed E-state index contributed by atoms with van der Waals surface area (Å²) in [4.78, 5) is 14.0. The predicted octanol–water partition coefficient (Wildman–Crippen LogP) is 4.59. The van der Waals surface area contributed by atoms with Crippen molar-refractivity contribution in [3.63, 3.8) is 0 Å². The van der Waals surface area contributed by atoms with E-state index in [1.165, 1.54) is 0 Å². The van der Waals surface area contributed by atoms with Crippen molar-refractivity contribution in [1.29, 1.82) is 0 Å². The molecule has 4 rings (SSSR count). The van der Waals surface area contributed by atoms with Crippen molar-refractivity contribution in [2.75, 3.05) is 0 Å². The zero-order valence-corrected chi connectivity index (χ0v) is 16.4. The van der Waals surface area contributed by atoms with E-state index in [2.05, 4.69) is 47.6 Å². The molecule has 1 aromatic carbocycles. The van der Waals surface area contributed by atoms with Crippen LogP contribution in [-0.4, -0.2) is 29.3 Å². The summed E-state index contributed by atoms with van der Waals surface area (Å²) in [6, 6.07) is 14.3. The van der Waals surface area contributed by atoms with Crippen LogP contribution >= 0.6 is 0 Å². The molecule has 0 saturated carbocycles. The average molecular weight is 372 g/mol. The molecule has 0 radical (unpaired) electrons. The third-order valence-electron chi connectivity index (χ3n) is 4.76. The monoisotopic (exact) mass is 372 g/mol. The Morgan fingerprint density at radius 1 is 0.929 bits per heavy atom. The third-order valence-corrected chi connectivity index (χ3v) is 4.76. The smallest absolute Gasteiger partial charge is 0.131 e. The SMILES string of the molecule is CC(C)c1nccc(-c2c(-c3ccccc3)ncn2C(C)Cn2cccn2)n1. The van der Waals surface area contributed by atoms with Gasteiger partial charge < -0.3 is 4.57 Å². The van der Waals surface area contributed by atoms with E-state index >= 15 is 0 Å². The van der Waals surface area contributed by atoms with Crippen molar-refractivity contribution < 1.29 is 0 Å². The molecule has 3 aromatic heterocycles. The Balaban J connectivity index is 1.83. The zero-order valence-electron chi connectivity index (χ0n) is 16.4. The number of nitrogens with zero attached hydrogens (tertiary/aromatic N) is 6. The molecule has 3 heterocycles. The highest BCUT2D eigenvalue weighted by Gasteiger charge is 2.20. The fourth-order valence-electron chi connectivity index (χ4n) is 3.31. The summed E-state index contributed by atoms with van der Waals surface area (Å²) in [7, 11) is 0. The summed E-state index contributed by atoms with van der Waals surface area (Å²) < 4.78 is 4.13. The third kappa shape index (κ3) is 3.58. The first-order valence-corrected chi connectivity index (χ1v) is 9.56. The summed E-state index contributed by atoms with van der Waals surface area (Å²) in [5.41, 5.74) is 3.91. The maximum atomic E-state index is 4.85. The molecule has 0 fully saturated rings. The van der Waals surface area contributed by atoms with Crippen molar-refractivity contribution in [2.45, 2.75) is 39.3 Å². The first-order valence-electron chi connectivity index (χ1n) is 9.56. The van der Waals surface area contributed by atoms with Gasteiger partial charge in [0.15, 0.2) is 0 Å². The molecule has 1 unspecified atom stereocenters. The molecule has 0 amide bonds. The molecule has 0 aliphatic rings. The molecule has 0 aliphatic carbocycles. The largest absolute Gasteiger partial charge is 0.324 e. The van der Waals surface area contributed by atoms with E-state index in [-0.39, 0.29) is 12.0 Å². The predicted molar refractivity (Wildman–Crippen MR) is 110 cm³/mol. The average Bonchev–Trinajstić information content (AvgIpc) is 3.38. The highest BCUT2D eigenvalue weighted by Crippen LogP contribution is 2.32. The van der Waals surface area contributed by atoms with Gasteiger partial charge in [-0.1, -0.05) is 44.2 Å². The molecule has 0 aliphatic heterocycles. The number of aromatic nitrogens is 6. The van der Waals surface area contributed by atoms with E-state index in [9.17, 15) is 0 Å². The maximum absolute atomic E-state index is 4.85. The molecule has 1 atom stereocenters. The molecule has 0 bridgehead atoms. The van der Waals surface area contributed by atoms with Gasteiger partial charge in [-0.15, -0.1) is 0 Å². The summed E-state index contributed by atoms with van der Waals surface area (Å²) in [6.45, 7) is 7.14. The Morgan fingerprint density at radius 2 is 1.75 bits per heavy atom. The molecule has 0 saturated heterocycles. The zero-order chi connectivity index (χ0) is 19.5. The molecular formula is C22H24N6. The fourth-order valence-corrected chi connectivity index (χ4v) is 3.31. The lowest BCUT2D eigenvalue weighted by atomic mass is 10.1. The lowest BCUT2D eigenvalue weighted by Gasteiger charge is -2.18. The molecule has 142 valence electrons. The Labute approximate surface area is 164 Å². The van der Waals surface area contributed by atoms with Crippen LogP contribution in [0.2, 0.25) is 0 Å². The number of hydrogen-bond donors (Lipinski definition) is 0. The van der Waals surface area contributed by atoms with Crippen molar-refractivity contribution in [3.05, 3.63) is 73.2 Å². The van der Waals surface area contributed by atoms with Gasteiger partial charge in [0.25, 0.3) is 0 Å². The summed E-state index contributed by atoms with van der Waals surface area (Å²) in [5, 5.41) is 4.34. The van der Waals surface area contributed by atoms with Gasteiger partial charge in [-0.05, 0) is 19.1 Å². The molecule has 6 nitrogen and oxygen atoms in total. The van der Waals surface area contributed by atoms with Crippen LogP contribution in [0, 0.1) is 0 Å². The summed E-state index contributed by atoms with van der Waals surface area (Å²) in [6.07, 6.45) is 7.52. The van der Waals surface area contributed by atoms with Gasteiger partial charge in [0.05, 0.1) is 36.0 Å². The topological polar surface area (TPSA) is 61.4 Å². The van der Waals surface area contributed by atoms with Gasteiger partial charge in [-0.2, -0.15) is 5.10 Å². The van der Waals surface area contributed by atoms with Crippen LogP contribution in [0.5, 0.6) is 0 Å². The van der Waals surface area contributed by atoms with Crippen LogP contribution in [0.15, 0.2) is 67.4 Å². The Hall–Kier alpha value is -3.28. The Kier molecular flexibility index (Phi) is 5.02. The van der Waals surface area contributed by atoms with E-state index in [1.54, 1.807) is 6.20 Å². The van der Waals surface area contributed by atoms with Crippen LogP contribution in [0.1, 0.15) is 38.6 Å². The Bertz CT molecular complexity index is 1030. The van der Waals surface area contributed by atoms with E-state index < -0.39 is 0 Å². The second-order valence-corrected chi connectivity index (χ2v) is 7.25. The number of rotatable bonds is 6. The van der Waals surface area contributed by atoms with Crippen LogP contribution in [0.4, 0.5) is 0 Å². The van der Waals surface area contributed by atoms with Crippen LogP contribution in [-0.2, 0) is 6.54 Å². The molecule has 28 heavy (non-hydrogen) atoms. The minimum absolute atomic E-state index is 0.164. The van der Waals surface area contributed by atoms with Crippen LogP contribution in [0.25, 0.3) is 22.6 Å². The number of imidazole rings is 1. The highest BCUT2D eigenvalue weighted by atomic mass is 15.3. The maximum Gasteiger partial charge on any atom is 0.131 e. The molecular weight excluding hydrogens is 348 g/mol. The van der Waals surface area contributed by atoms with Gasteiger partial charge in [0.2, 0.25) is 0 Å². The van der Waals surface area contributed by atoms with Crippen LogP contribution < -0.4 is 0 Å². The molecule has 4 aromatic rings. The summed E-state index contributed by atoms with van der Waals surface area (Å²) >= 11 is 0. The second-order valence-electron chi connectivity index (χ2n) is 7.25. The normalized spacial score (nSPS) is 12.4. The first kappa shape index (κ1) is 18.1. The van der Waals surface area contributed by atoms with Crippen molar-refractivity contribution in [2.24, 2.45) is 0 Å². The fraction of sp³-hybridized carbons (Fsp3) is 0.273. The van der Waals surface area contributed by atoms with Gasteiger partial charge >= 0.3 is 0 Å². The minimum atomic E-state index is 0.164. The van der Waals surface area contributed by atoms with Crippen LogP contribution in [0.3, 0.4) is 0 Å². The lowest BCUT2D eigenvalue weighted by Crippen LogP contribution is -2.14. The lowest BCUT2D eigenvalue weighted by molar-refractivity contribution is 0.439. The quantitative estimate of drug-likeness (QED) is 0.497. The molecule has 6 heteroatoms. The number of hydrogen-bond acceptors (Lipinski definition) is 4. The summed E-state index contributed by atoms with van der Waals surface area (Å²) in [5.74, 6) is 1.10. The molecule has 0 N–H and O–H groups in total. The standard InChI is InChI=1S/C22H24N6/c1-16(2)22-23-12-10-19(26-22)21-20(18-8-5-4-6-9-18)24-15-28(21)17(3)14-27-13-7-11-25-27/h4-13,15-17H,14H2,1-3H3. The van der Waals surface area contributed by atoms with E-state index in [0.717, 1.165) is 35.0 Å². The van der Waals surface area contributed by atoms with Crippen molar-refractivity contribution in [1.82, 2.24) is 29.3 Å². The van der Waals surface area contributed by atoms with Gasteiger partial charge in [0, 0.05) is 30.1 Å². The van der Waals surface area contributed by atoms with Crippen molar-refractivity contribution in [3.8, 4) is 22.6 Å². The molecule has 0 spiro atoms. The van der Waals surface area contributed by atoms with Gasteiger partial charge in [-0.3, -0.25) is 4.68 Å². The Morgan fingerprint density at radius 3 is 2.46 bits per heavy atom. The first-order chi connectivity index (χ1) is 13.6. The van der Waals surface area contributed by atoms with E-state index in [1.807, 2.05) is 53.7 Å².